The van der Waals surface area contributed by atoms with E-state index in [9.17, 15) is 0 Å². The van der Waals surface area contributed by atoms with Crippen molar-refractivity contribution in [2.45, 2.75) is 50.6 Å². The van der Waals surface area contributed by atoms with Gasteiger partial charge in [-0.05, 0) is 49.0 Å². The molecule has 7 heteroatoms. The largest absolute Gasteiger partial charge is 0.259 e. The second-order valence-corrected chi connectivity index (χ2v) is 8.67. The first-order valence-corrected chi connectivity index (χ1v) is 10.7. The molecule has 128 valence electrons. The minimum atomic E-state index is 0.450. The van der Waals surface area contributed by atoms with Crippen molar-refractivity contribution in [1.29, 1.82) is 0 Å². The van der Waals surface area contributed by atoms with Crippen molar-refractivity contribution in [3.8, 4) is 0 Å². The molecule has 0 spiro atoms. The van der Waals surface area contributed by atoms with Crippen LogP contribution >= 0.6 is 23.1 Å². The number of aromatic nitrogens is 5. The second-order valence-electron chi connectivity index (χ2n) is 6.90. The van der Waals surface area contributed by atoms with Crippen molar-refractivity contribution in [3.05, 3.63) is 23.1 Å². The third-order valence-corrected chi connectivity index (χ3v) is 6.78. The van der Waals surface area contributed by atoms with E-state index in [1.54, 1.807) is 23.1 Å². The van der Waals surface area contributed by atoms with Crippen LogP contribution in [0.3, 0.4) is 0 Å². The van der Waals surface area contributed by atoms with E-state index >= 15 is 0 Å². The van der Waals surface area contributed by atoms with Crippen LogP contribution < -0.4 is 0 Å². The van der Waals surface area contributed by atoms with Gasteiger partial charge in [-0.1, -0.05) is 25.6 Å². The minimum Gasteiger partial charge on any atom is -0.259 e. The quantitative estimate of drug-likeness (QED) is 0.483. The Morgan fingerprint density at radius 2 is 1.96 bits per heavy atom. The summed E-state index contributed by atoms with van der Waals surface area (Å²) in [7, 11) is 0. The van der Waals surface area contributed by atoms with E-state index < -0.39 is 0 Å². The van der Waals surface area contributed by atoms with E-state index in [-0.39, 0.29) is 0 Å². The molecule has 0 saturated heterocycles. The SMILES string of the molecule is CSc1nnc2c3sc4nc(C(C)C)c5c(c4c3ncn12)CCCC5. The van der Waals surface area contributed by atoms with Gasteiger partial charge in [0.2, 0.25) is 0 Å². The number of hydrogen-bond acceptors (Lipinski definition) is 6. The normalized spacial score (nSPS) is 14.9. The predicted molar refractivity (Wildman–Crippen MR) is 104 cm³/mol. The van der Waals surface area contributed by atoms with Gasteiger partial charge >= 0.3 is 0 Å². The highest BCUT2D eigenvalue weighted by molar-refractivity contribution is 7.98. The lowest BCUT2D eigenvalue weighted by atomic mass is 9.86. The van der Waals surface area contributed by atoms with Crippen LogP contribution in [-0.4, -0.2) is 30.8 Å². The molecule has 5 rings (SSSR count). The first-order valence-electron chi connectivity index (χ1n) is 8.70. The summed E-state index contributed by atoms with van der Waals surface area (Å²) in [5.74, 6) is 0.450. The zero-order chi connectivity index (χ0) is 17.1. The molecule has 4 aromatic rings. The lowest BCUT2D eigenvalue weighted by Crippen LogP contribution is -2.10. The summed E-state index contributed by atoms with van der Waals surface area (Å²) < 4.78 is 3.09. The Hall–Kier alpha value is -1.73. The van der Waals surface area contributed by atoms with E-state index in [4.69, 9.17) is 9.97 Å². The average molecular weight is 370 g/mol. The van der Waals surface area contributed by atoms with E-state index in [1.165, 1.54) is 35.0 Å². The maximum absolute atomic E-state index is 5.07. The van der Waals surface area contributed by atoms with Gasteiger partial charge in [0, 0.05) is 11.1 Å². The van der Waals surface area contributed by atoms with Gasteiger partial charge in [0.1, 0.15) is 15.9 Å². The maximum Gasteiger partial charge on any atom is 0.196 e. The number of rotatable bonds is 2. The first-order chi connectivity index (χ1) is 12.2. The van der Waals surface area contributed by atoms with E-state index in [1.807, 2.05) is 17.0 Å². The molecule has 0 aromatic carbocycles. The first kappa shape index (κ1) is 15.5. The molecule has 0 amide bonds. The fourth-order valence-electron chi connectivity index (χ4n) is 3.95. The van der Waals surface area contributed by atoms with Gasteiger partial charge < -0.3 is 0 Å². The monoisotopic (exact) mass is 369 g/mol. The van der Waals surface area contributed by atoms with Gasteiger partial charge in [0.25, 0.3) is 0 Å². The van der Waals surface area contributed by atoms with Crippen molar-refractivity contribution in [2.24, 2.45) is 0 Å². The van der Waals surface area contributed by atoms with Crippen LogP contribution in [0.4, 0.5) is 0 Å². The fourth-order valence-corrected chi connectivity index (χ4v) is 5.54. The molecule has 1 aliphatic carbocycles. The fraction of sp³-hybridized carbons (Fsp3) is 0.444. The molecule has 0 saturated carbocycles. The summed E-state index contributed by atoms with van der Waals surface area (Å²) in [4.78, 5) is 11.0. The smallest absolute Gasteiger partial charge is 0.196 e. The van der Waals surface area contributed by atoms with Crippen LogP contribution in [0, 0.1) is 0 Å². The number of pyridine rings is 1. The lowest BCUT2D eigenvalue weighted by molar-refractivity contribution is 0.667. The van der Waals surface area contributed by atoms with Crippen LogP contribution in [0.2, 0.25) is 0 Å². The van der Waals surface area contributed by atoms with Crippen LogP contribution in [0.15, 0.2) is 11.5 Å². The van der Waals surface area contributed by atoms with Crippen molar-refractivity contribution >= 4 is 49.2 Å². The van der Waals surface area contributed by atoms with Crippen LogP contribution in [0.1, 0.15) is 49.4 Å². The summed E-state index contributed by atoms with van der Waals surface area (Å²) >= 11 is 3.30. The van der Waals surface area contributed by atoms with Crippen molar-refractivity contribution in [1.82, 2.24) is 24.6 Å². The molecule has 0 atom stereocenters. The second kappa shape index (κ2) is 5.64. The van der Waals surface area contributed by atoms with Gasteiger partial charge in [-0.2, -0.15) is 0 Å². The number of hydrogen-bond donors (Lipinski definition) is 0. The van der Waals surface area contributed by atoms with E-state index in [0.29, 0.717) is 5.92 Å². The highest BCUT2D eigenvalue weighted by atomic mass is 32.2. The van der Waals surface area contributed by atoms with Crippen molar-refractivity contribution in [2.75, 3.05) is 6.26 Å². The summed E-state index contributed by atoms with van der Waals surface area (Å²) in [5.41, 5.74) is 6.17. The van der Waals surface area contributed by atoms with Gasteiger partial charge in [0.05, 0.1) is 5.52 Å². The van der Waals surface area contributed by atoms with Crippen LogP contribution in [0.5, 0.6) is 0 Å². The number of nitrogens with zero attached hydrogens (tertiary/aromatic N) is 5. The molecule has 0 bridgehead atoms. The van der Waals surface area contributed by atoms with Gasteiger partial charge in [0.15, 0.2) is 10.8 Å². The van der Waals surface area contributed by atoms with Gasteiger partial charge in [-0.3, -0.25) is 4.40 Å². The Bertz CT molecular complexity index is 1130. The molecule has 0 fully saturated rings. The van der Waals surface area contributed by atoms with Crippen molar-refractivity contribution in [3.63, 3.8) is 0 Å². The lowest BCUT2D eigenvalue weighted by Gasteiger charge is -2.21. The molecular formula is C18H19N5S2. The topological polar surface area (TPSA) is 56.0 Å². The molecule has 0 radical (unpaired) electrons. The highest BCUT2D eigenvalue weighted by Crippen LogP contribution is 2.41. The van der Waals surface area contributed by atoms with Gasteiger partial charge in [-0.15, -0.1) is 21.5 Å². The third kappa shape index (κ3) is 2.15. The maximum atomic E-state index is 5.07. The molecule has 0 aliphatic heterocycles. The number of fused-ring (bicyclic) bond motifs is 7. The molecule has 1 aliphatic rings. The molecule has 0 N–H and O–H groups in total. The van der Waals surface area contributed by atoms with Gasteiger partial charge in [-0.25, -0.2) is 9.97 Å². The standard InChI is InChI=1S/C18H19N5S2/c1-9(2)13-11-7-5-4-6-10(11)12-14-15(25-17(12)20-13)16-21-22-18(24-3)23(16)8-19-14/h8-9H,4-7H2,1-3H3. The summed E-state index contributed by atoms with van der Waals surface area (Å²) in [6.45, 7) is 4.49. The zero-order valence-corrected chi connectivity index (χ0v) is 16.2. The molecular weight excluding hydrogens is 350 g/mol. The Morgan fingerprint density at radius 1 is 1.16 bits per heavy atom. The van der Waals surface area contributed by atoms with Crippen LogP contribution in [-0.2, 0) is 12.8 Å². The molecule has 25 heavy (non-hydrogen) atoms. The minimum absolute atomic E-state index is 0.450. The number of thioether (sulfide) groups is 1. The highest BCUT2D eigenvalue weighted by Gasteiger charge is 2.24. The molecule has 0 unspecified atom stereocenters. The van der Waals surface area contributed by atoms with E-state index in [0.717, 1.165) is 38.7 Å². The number of aryl methyl sites for hydroxylation is 1. The Morgan fingerprint density at radius 3 is 2.72 bits per heavy atom. The predicted octanol–water partition coefficient (Wildman–Crippen LogP) is 4.61. The van der Waals surface area contributed by atoms with Crippen molar-refractivity contribution < 1.29 is 0 Å². The summed E-state index contributed by atoms with van der Waals surface area (Å²) in [5, 5.41) is 10.8. The summed E-state index contributed by atoms with van der Waals surface area (Å²) in [6, 6.07) is 0. The Labute approximate surface area is 153 Å². The molecule has 4 aromatic heterocycles. The zero-order valence-electron chi connectivity index (χ0n) is 14.5. The van der Waals surface area contributed by atoms with E-state index in [2.05, 4.69) is 24.0 Å². The molecule has 4 heterocycles. The average Bonchev–Trinajstić information content (AvgIpc) is 3.21. The Kier molecular flexibility index (Phi) is 3.50. The number of thiophene rings is 1. The van der Waals surface area contributed by atoms with Crippen LogP contribution in [0.25, 0.3) is 26.1 Å². The molecule has 5 nitrogen and oxygen atoms in total. The third-order valence-electron chi connectivity index (χ3n) is 5.06. The summed E-state index contributed by atoms with van der Waals surface area (Å²) in [6.07, 6.45) is 8.67. The Balaban J connectivity index is 1.93.